The molecule has 5 heteroatoms. The minimum atomic E-state index is -0.150. The first-order valence-corrected chi connectivity index (χ1v) is 8.39. The van der Waals surface area contributed by atoms with E-state index in [2.05, 4.69) is 28.6 Å². The van der Waals surface area contributed by atoms with Crippen molar-refractivity contribution in [2.45, 2.75) is 38.1 Å². The molecule has 120 valence electrons. The van der Waals surface area contributed by atoms with Crippen LogP contribution in [-0.4, -0.2) is 28.3 Å². The number of rotatable bonds is 3. The molecule has 1 amide bonds. The molecule has 23 heavy (non-hydrogen) atoms. The Balaban J connectivity index is 1.51. The third-order valence-corrected chi connectivity index (χ3v) is 4.88. The Morgan fingerprint density at radius 1 is 1.22 bits per heavy atom. The highest BCUT2D eigenvalue weighted by Crippen LogP contribution is 2.27. The van der Waals surface area contributed by atoms with E-state index in [1.807, 2.05) is 18.1 Å². The number of carbonyl (C=O) groups is 1. The van der Waals surface area contributed by atoms with Crippen molar-refractivity contribution in [1.82, 2.24) is 9.78 Å². The van der Waals surface area contributed by atoms with Crippen molar-refractivity contribution in [2.24, 2.45) is 7.05 Å². The molecule has 0 unspecified atom stereocenters. The molecule has 0 radical (unpaired) electrons. The quantitative estimate of drug-likeness (QED) is 0.948. The number of amides is 1. The Morgan fingerprint density at radius 3 is 2.91 bits per heavy atom. The zero-order chi connectivity index (χ0) is 15.8. The Hall–Kier alpha value is -2.30. The molecular formula is C18H22N4O. The van der Waals surface area contributed by atoms with E-state index >= 15 is 0 Å². The van der Waals surface area contributed by atoms with Crippen LogP contribution in [0.15, 0.2) is 30.6 Å². The number of nitrogens with zero attached hydrogens (tertiary/aromatic N) is 3. The van der Waals surface area contributed by atoms with Crippen molar-refractivity contribution >= 4 is 17.3 Å². The second-order valence-corrected chi connectivity index (χ2v) is 6.54. The maximum absolute atomic E-state index is 12.8. The first-order valence-electron chi connectivity index (χ1n) is 8.39. The minimum Gasteiger partial charge on any atom is -0.374 e. The van der Waals surface area contributed by atoms with E-state index in [1.165, 1.54) is 24.0 Å². The summed E-state index contributed by atoms with van der Waals surface area (Å²) < 4.78 is 1.74. The normalized spacial score (nSPS) is 20.7. The van der Waals surface area contributed by atoms with Gasteiger partial charge in [0.2, 0.25) is 5.91 Å². The second-order valence-electron chi connectivity index (χ2n) is 6.54. The smallest absolute Gasteiger partial charge is 0.249 e. The predicted octanol–water partition coefficient (Wildman–Crippen LogP) is 2.52. The Morgan fingerprint density at radius 2 is 2.09 bits per heavy atom. The fraction of sp³-hybridized carbons (Fsp3) is 0.444. The maximum Gasteiger partial charge on any atom is 0.249 e. The molecule has 1 aliphatic carbocycles. The van der Waals surface area contributed by atoms with E-state index in [4.69, 9.17) is 0 Å². The average Bonchev–Trinajstić information content (AvgIpc) is 3.17. The fourth-order valence-corrected chi connectivity index (χ4v) is 3.68. The number of anilines is 2. The number of fused-ring (bicyclic) bond motifs is 1. The third kappa shape index (κ3) is 2.71. The third-order valence-electron chi connectivity index (χ3n) is 4.88. The van der Waals surface area contributed by atoms with Crippen LogP contribution in [0.4, 0.5) is 11.4 Å². The van der Waals surface area contributed by atoms with Gasteiger partial charge in [0.1, 0.15) is 6.04 Å². The monoisotopic (exact) mass is 310 g/mol. The molecular weight excluding hydrogens is 288 g/mol. The highest BCUT2D eigenvalue weighted by Gasteiger charge is 2.30. The first-order chi connectivity index (χ1) is 11.2. The van der Waals surface area contributed by atoms with Gasteiger partial charge in [-0.05, 0) is 55.4 Å². The molecule has 0 saturated carbocycles. The van der Waals surface area contributed by atoms with Crippen molar-refractivity contribution < 1.29 is 4.79 Å². The van der Waals surface area contributed by atoms with Crippen LogP contribution in [0.1, 0.15) is 30.4 Å². The van der Waals surface area contributed by atoms with Gasteiger partial charge in [-0.1, -0.05) is 6.07 Å². The van der Waals surface area contributed by atoms with Gasteiger partial charge < -0.3 is 10.2 Å². The molecule has 1 N–H and O–H groups in total. The van der Waals surface area contributed by atoms with E-state index in [9.17, 15) is 4.79 Å². The molecule has 1 aliphatic heterocycles. The number of hydrogen-bond acceptors (Lipinski definition) is 3. The lowest BCUT2D eigenvalue weighted by Crippen LogP contribution is -2.47. The zero-order valence-electron chi connectivity index (χ0n) is 13.5. The van der Waals surface area contributed by atoms with Gasteiger partial charge in [-0.25, -0.2) is 0 Å². The van der Waals surface area contributed by atoms with Crippen molar-refractivity contribution in [3.63, 3.8) is 0 Å². The fourth-order valence-electron chi connectivity index (χ4n) is 3.68. The van der Waals surface area contributed by atoms with Gasteiger partial charge >= 0.3 is 0 Å². The van der Waals surface area contributed by atoms with Gasteiger partial charge in [0.05, 0.1) is 11.9 Å². The molecule has 2 heterocycles. The predicted molar refractivity (Wildman–Crippen MR) is 90.7 cm³/mol. The van der Waals surface area contributed by atoms with Crippen LogP contribution in [0, 0.1) is 0 Å². The summed E-state index contributed by atoms with van der Waals surface area (Å²) in [5, 5.41) is 7.63. The summed E-state index contributed by atoms with van der Waals surface area (Å²) in [4.78, 5) is 14.6. The molecule has 1 aromatic heterocycles. The van der Waals surface area contributed by atoms with E-state index in [0.29, 0.717) is 0 Å². The summed E-state index contributed by atoms with van der Waals surface area (Å²) >= 11 is 0. The van der Waals surface area contributed by atoms with Crippen LogP contribution < -0.4 is 10.2 Å². The Labute approximate surface area is 136 Å². The SMILES string of the molecule is Cn1cc(N2CCC[C@H](Nc3ccc4c(c3)CCC4)C2=O)cn1. The summed E-state index contributed by atoms with van der Waals surface area (Å²) in [6.45, 7) is 0.771. The number of aromatic nitrogens is 2. The molecule has 2 aromatic rings. The molecule has 4 rings (SSSR count). The largest absolute Gasteiger partial charge is 0.374 e. The summed E-state index contributed by atoms with van der Waals surface area (Å²) in [7, 11) is 1.87. The summed E-state index contributed by atoms with van der Waals surface area (Å²) in [6.07, 6.45) is 9.13. The number of benzene rings is 1. The number of piperidine rings is 1. The van der Waals surface area contributed by atoms with Gasteiger partial charge in [0.25, 0.3) is 0 Å². The van der Waals surface area contributed by atoms with Crippen LogP contribution in [0.25, 0.3) is 0 Å². The molecule has 1 saturated heterocycles. The first kappa shape index (κ1) is 14.3. The van der Waals surface area contributed by atoms with Crippen LogP contribution >= 0.6 is 0 Å². The van der Waals surface area contributed by atoms with Crippen LogP contribution in [0.2, 0.25) is 0 Å². The standard InChI is InChI=1S/C18H22N4O/c1-21-12-16(11-19-21)22-9-3-6-17(18(22)23)20-15-8-7-13-4-2-5-14(13)10-15/h7-8,10-12,17,20H,2-6,9H2,1H3/t17-/m0/s1. The molecule has 5 nitrogen and oxygen atoms in total. The molecule has 2 aliphatic rings. The molecule has 0 bridgehead atoms. The van der Waals surface area contributed by atoms with Crippen molar-refractivity contribution in [3.05, 3.63) is 41.7 Å². The van der Waals surface area contributed by atoms with Gasteiger partial charge in [-0.2, -0.15) is 5.10 Å². The minimum absolute atomic E-state index is 0.143. The summed E-state index contributed by atoms with van der Waals surface area (Å²) in [6, 6.07) is 6.39. The zero-order valence-corrected chi connectivity index (χ0v) is 13.5. The Kier molecular flexibility index (Phi) is 3.56. The highest BCUT2D eigenvalue weighted by atomic mass is 16.2. The topological polar surface area (TPSA) is 50.2 Å². The second kappa shape index (κ2) is 5.72. The van der Waals surface area contributed by atoms with Crippen molar-refractivity contribution in [2.75, 3.05) is 16.8 Å². The number of hydrogen-bond donors (Lipinski definition) is 1. The van der Waals surface area contributed by atoms with Crippen LogP contribution in [-0.2, 0) is 24.7 Å². The Bertz CT molecular complexity index is 736. The van der Waals surface area contributed by atoms with Gasteiger partial charge in [0.15, 0.2) is 0 Å². The van der Waals surface area contributed by atoms with Crippen molar-refractivity contribution in [1.29, 1.82) is 0 Å². The van der Waals surface area contributed by atoms with E-state index < -0.39 is 0 Å². The van der Waals surface area contributed by atoms with Gasteiger partial charge in [-0.15, -0.1) is 0 Å². The highest BCUT2D eigenvalue weighted by molar-refractivity contribution is 5.99. The number of aryl methyl sites for hydroxylation is 3. The van der Waals surface area contributed by atoms with Crippen LogP contribution in [0.5, 0.6) is 0 Å². The molecule has 0 spiro atoms. The van der Waals surface area contributed by atoms with Gasteiger partial charge in [0, 0.05) is 25.5 Å². The summed E-state index contributed by atoms with van der Waals surface area (Å²) in [5.41, 5.74) is 4.85. The van der Waals surface area contributed by atoms with Crippen molar-refractivity contribution in [3.8, 4) is 0 Å². The average molecular weight is 310 g/mol. The molecule has 1 atom stereocenters. The maximum atomic E-state index is 12.8. The number of carbonyl (C=O) groups excluding carboxylic acids is 1. The lowest BCUT2D eigenvalue weighted by molar-refractivity contribution is -0.120. The van der Waals surface area contributed by atoms with E-state index in [-0.39, 0.29) is 11.9 Å². The molecule has 1 fully saturated rings. The number of nitrogens with one attached hydrogen (secondary N) is 1. The van der Waals surface area contributed by atoms with E-state index in [1.54, 1.807) is 10.9 Å². The van der Waals surface area contributed by atoms with Crippen LogP contribution in [0.3, 0.4) is 0 Å². The molecule has 1 aromatic carbocycles. The summed E-state index contributed by atoms with van der Waals surface area (Å²) in [5.74, 6) is 0.143. The van der Waals surface area contributed by atoms with E-state index in [0.717, 1.165) is 37.2 Å². The van der Waals surface area contributed by atoms with Gasteiger partial charge in [-0.3, -0.25) is 9.48 Å². The lowest BCUT2D eigenvalue weighted by atomic mass is 10.0. The lowest BCUT2D eigenvalue weighted by Gasteiger charge is -2.32.